The number of hydrogen-bond acceptors (Lipinski definition) is 2. The third-order valence-corrected chi connectivity index (χ3v) is 3.54. The van der Waals surface area contributed by atoms with E-state index in [0.717, 1.165) is 18.1 Å². The molecule has 2 nitrogen and oxygen atoms in total. The summed E-state index contributed by atoms with van der Waals surface area (Å²) in [4.78, 5) is 2.36. The first kappa shape index (κ1) is 32.9. The average Bonchev–Trinajstić information content (AvgIpc) is 2.62. The summed E-state index contributed by atoms with van der Waals surface area (Å²) in [6, 6.07) is 0. The third-order valence-electron chi connectivity index (χ3n) is 3.54. The normalized spacial score (nSPS) is 11.0. The lowest BCUT2D eigenvalue weighted by molar-refractivity contribution is 0.305. The molecule has 0 aromatic heterocycles. The van der Waals surface area contributed by atoms with E-state index in [1.165, 1.54) is 44.3 Å². The van der Waals surface area contributed by atoms with E-state index >= 15 is 0 Å². The van der Waals surface area contributed by atoms with Crippen LogP contribution in [0.15, 0.2) is 23.5 Å². The molecule has 0 heterocycles. The highest BCUT2D eigenvalue weighted by molar-refractivity contribution is 5.16. The van der Waals surface area contributed by atoms with Gasteiger partial charge in [0.25, 0.3) is 0 Å². The first-order chi connectivity index (χ1) is 12.3. The van der Waals surface area contributed by atoms with Crippen molar-refractivity contribution in [1.82, 2.24) is 4.90 Å². The Balaban J connectivity index is -0.000000137. The van der Waals surface area contributed by atoms with Gasteiger partial charge in [0.15, 0.2) is 0 Å². The quantitative estimate of drug-likeness (QED) is 0.300. The summed E-state index contributed by atoms with van der Waals surface area (Å²) in [5.74, 6) is 1.84. The summed E-state index contributed by atoms with van der Waals surface area (Å²) in [5.41, 5.74) is 1.34. The number of ether oxygens (including phenoxy) is 1. The zero-order chi connectivity index (χ0) is 21.4. The monoisotopic (exact) mass is 371 g/mol. The van der Waals surface area contributed by atoms with Gasteiger partial charge in [0, 0.05) is 0 Å². The minimum atomic E-state index is 0.898. The topological polar surface area (TPSA) is 12.5 Å². The maximum atomic E-state index is 5.06. The van der Waals surface area contributed by atoms with Gasteiger partial charge in [-0.3, -0.25) is 0 Å². The summed E-state index contributed by atoms with van der Waals surface area (Å²) in [5, 5.41) is 0. The molecule has 0 saturated heterocycles. The van der Waals surface area contributed by atoms with Crippen LogP contribution in [-0.2, 0) is 4.74 Å². The zero-order valence-corrected chi connectivity index (χ0v) is 20.5. The lowest BCUT2D eigenvalue weighted by Gasteiger charge is -2.12. The van der Waals surface area contributed by atoms with E-state index in [0.29, 0.717) is 0 Å². The highest BCUT2D eigenvalue weighted by atomic mass is 16.5. The van der Waals surface area contributed by atoms with Crippen LogP contribution in [0.4, 0.5) is 0 Å². The fourth-order valence-electron chi connectivity index (χ4n) is 2.06. The highest BCUT2D eigenvalue weighted by Gasteiger charge is 1.90. The second-order valence-electron chi connectivity index (χ2n) is 6.73. The molecule has 0 aliphatic heterocycles. The average molecular weight is 372 g/mol. The maximum Gasteiger partial charge on any atom is 0.114 e. The molecule has 0 aliphatic carbocycles. The van der Waals surface area contributed by atoms with Crippen LogP contribution in [0.25, 0.3) is 0 Å². The molecule has 160 valence electrons. The standard InChI is InChI=1S/C9H16O.C7H17N.C6H14.C2H6/c1-5-8(3)7-9(6-2)10-4;1-4-6-8(3)7-5-2;1-4-5-6(2)3;1-2/h6-7H,5H2,1-4H3;4-7H2,1-3H3;6H,4-5H2,1-3H3;1-2H3/b8-7-,9-6+;;;. The van der Waals surface area contributed by atoms with Crippen LogP contribution in [-0.4, -0.2) is 32.1 Å². The van der Waals surface area contributed by atoms with Gasteiger partial charge in [-0.2, -0.15) is 0 Å². The number of allylic oxidation sites excluding steroid dienone is 3. The van der Waals surface area contributed by atoms with Crippen LogP contribution < -0.4 is 0 Å². The van der Waals surface area contributed by atoms with Crippen LogP contribution in [0, 0.1) is 5.92 Å². The second-order valence-corrected chi connectivity index (χ2v) is 6.73. The van der Waals surface area contributed by atoms with Crippen LogP contribution in [0.5, 0.6) is 0 Å². The van der Waals surface area contributed by atoms with Crippen molar-refractivity contribution < 1.29 is 4.74 Å². The molecule has 0 saturated carbocycles. The number of nitrogens with zero attached hydrogens (tertiary/aromatic N) is 1. The molecule has 0 radical (unpaired) electrons. The summed E-state index contributed by atoms with van der Waals surface area (Å²) in [6.45, 7) is 23.8. The summed E-state index contributed by atoms with van der Waals surface area (Å²) in [6.07, 6.45) is 10.4. The maximum absolute atomic E-state index is 5.06. The molecule has 0 amide bonds. The molecule has 0 aromatic carbocycles. The van der Waals surface area contributed by atoms with Crippen LogP contribution in [0.1, 0.15) is 101 Å². The molecule has 0 spiro atoms. The van der Waals surface area contributed by atoms with Gasteiger partial charge in [-0.15, -0.1) is 0 Å². The van der Waals surface area contributed by atoms with Crippen molar-refractivity contribution in [2.45, 2.75) is 101 Å². The van der Waals surface area contributed by atoms with E-state index in [9.17, 15) is 0 Å². The predicted octanol–water partition coefficient (Wildman–Crippen LogP) is 8.10. The SMILES string of the molecule is C/C=C(\C=C(\C)CC)OC.CC.CCCC(C)C.CCCN(C)CCC. The molecule has 0 aromatic rings. The second kappa shape index (κ2) is 29.0. The minimum Gasteiger partial charge on any atom is -0.497 e. The van der Waals surface area contributed by atoms with Gasteiger partial charge in [-0.25, -0.2) is 0 Å². The van der Waals surface area contributed by atoms with Crippen molar-refractivity contribution in [2.24, 2.45) is 5.92 Å². The van der Waals surface area contributed by atoms with Crippen molar-refractivity contribution in [1.29, 1.82) is 0 Å². The molecule has 0 rings (SSSR count). The molecular weight excluding hydrogens is 318 g/mol. The zero-order valence-electron chi connectivity index (χ0n) is 20.5. The van der Waals surface area contributed by atoms with Gasteiger partial charge in [0.2, 0.25) is 0 Å². The molecule has 0 fully saturated rings. The van der Waals surface area contributed by atoms with Crippen molar-refractivity contribution >= 4 is 0 Å². The molecule has 0 N–H and O–H groups in total. The van der Waals surface area contributed by atoms with Crippen LogP contribution in [0.3, 0.4) is 0 Å². The number of rotatable bonds is 9. The van der Waals surface area contributed by atoms with E-state index in [1.54, 1.807) is 7.11 Å². The van der Waals surface area contributed by atoms with E-state index in [-0.39, 0.29) is 0 Å². The molecule has 0 unspecified atom stereocenters. The predicted molar refractivity (Wildman–Crippen MR) is 124 cm³/mol. The van der Waals surface area contributed by atoms with E-state index < -0.39 is 0 Å². The molecular formula is C24H53NO. The summed E-state index contributed by atoms with van der Waals surface area (Å²) in [7, 11) is 3.86. The summed E-state index contributed by atoms with van der Waals surface area (Å²) >= 11 is 0. The minimum absolute atomic E-state index is 0.898. The van der Waals surface area contributed by atoms with Gasteiger partial charge in [0.1, 0.15) is 5.76 Å². The van der Waals surface area contributed by atoms with Crippen LogP contribution in [0.2, 0.25) is 0 Å². The van der Waals surface area contributed by atoms with Crippen molar-refractivity contribution in [3.05, 3.63) is 23.5 Å². The Kier molecular flexibility index (Phi) is 36.7. The number of hydrogen-bond donors (Lipinski definition) is 0. The van der Waals surface area contributed by atoms with Gasteiger partial charge in [0.05, 0.1) is 7.11 Å². The first-order valence-corrected chi connectivity index (χ1v) is 10.9. The fourth-order valence-corrected chi connectivity index (χ4v) is 2.06. The van der Waals surface area contributed by atoms with Crippen molar-refractivity contribution in [3.8, 4) is 0 Å². The largest absolute Gasteiger partial charge is 0.497 e. The van der Waals surface area contributed by atoms with Gasteiger partial charge < -0.3 is 9.64 Å². The van der Waals surface area contributed by atoms with Crippen LogP contribution >= 0.6 is 0 Å². The third kappa shape index (κ3) is 34.6. The molecule has 26 heavy (non-hydrogen) atoms. The lowest BCUT2D eigenvalue weighted by Crippen LogP contribution is -2.19. The van der Waals surface area contributed by atoms with Gasteiger partial charge >= 0.3 is 0 Å². The molecule has 0 bridgehead atoms. The molecule has 0 atom stereocenters. The number of methoxy groups -OCH3 is 1. The fraction of sp³-hybridized carbons (Fsp3) is 0.833. The lowest BCUT2D eigenvalue weighted by atomic mass is 10.1. The smallest absolute Gasteiger partial charge is 0.114 e. The Bertz CT molecular complexity index is 287. The van der Waals surface area contributed by atoms with E-state index in [1.807, 2.05) is 26.8 Å². The summed E-state index contributed by atoms with van der Waals surface area (Å²) < 4.78 is 5.06. The van der Waals surface area contributed by atoms with Gasteiger partial charge in [-0.1, -0.05) is 73.8 Å². The Morgan fingerprint density at radius 1 is 0.962 bits per heavy atom. The van der Waals surface area contributed by atoms with E-state index in [2.05, 4.69) is 66.5 Å². The van der Waals surface area contributed by atoms with Gasteiger partial charge in [-0.05, 0) is 71.3 Å². The Morgan fingerprint density at radius 2 is 1.42 bits per heavy atom. The van der Waals surface area contributed by atoms with E-state index in [4.69, 9.17) is 4.74 Å². The molecule has 0 aliphatic rings. The Morgan fingerprint density at radius 3 is 1.62 bits per heavy atom. The molecule has 2 heteroatoms. The first-order valence-electron chi connectivity index (χ1n) is 10.9. The highest BCUT2D eigenvalue weighted by Crippen LogP contribution is 2.05. The van der Waals surface area contributed by atoms with Crippen molar-refractivity contribution in [2.75, 3.05) is 27.2 Å². The Hall–Kier alpha value is -0.760. The van der Waals surface area contributed by atoms with Crippen molar-refractivity contribution in [3.63, 3.8) is 0 Å². The Labute approximate surface area is 168 Å².